The van der Waals surface area contributed by atoms with Crippen LogP contribution in [0.25, 0.3) is 33.5 Å². The van der Waals surface area contributed by atoms with Crippen molar-refractivity contribution in [2.45, 2.75) is 0 Å². The van der Waals surface area contributed by atoms with Gasteiger partial charge in [0, 0.05) is 0 Å². The highest BCUT2D eigenvalue weighted by molar-refractivity contribution is 6.32. The Morgan fingerprint density at radius 3 is 2.58 bits per heavy atom. The van der Waals surface area contributed by atoms with Crippen LogP contribution in [0.15, 0.2) is 81.0 Å². The van der Waals surface area contributed by atoms with Crippen molar-refractivity contribution in [3.8, 4) is 23.1 Å². The zero-order valence-electron chi connectivity index (χ0n) is 17.8. The first-order valence-electron chi connectivity index (χ1n) is 10.1. The Labute approximate surface area is 193 Å². The number of aromatic nitrogens is 2. The molecule has 0 radical (unpaired) electrons. The second-order valence-electron chi connectivity index (χ2n) is 7.19. The van der Waals surface area contributed by atoms with E-state index in [2.05, 4.69) is 10.1 Å². The van der Waals surface area contributed by atoms with Gasteiger partial charge in [0.1, 0.15) is 17.1 Å². The lowest BCUT2D eigenvalue weighted by Gasteiger charge is -2.07. The average molecular weight is 460 g/mol. The van der Waals surface area contributed by atoms with Gasteiger partial charge in [-0.1, -0.05) is 29.8 Å². The second kappa shape index (κ2) is 8.44. The van der Waals surface area contributed by atoms with Crippen LogP contribution < -0.4 is 15.0 Å². The zero-order chi connectivity index (χ0) is 22.9. The largest absolute Gasteiger partial charge is 0.496 e. The van der Waals surface area contributed by atoms with Crippen molar-refractivity contribution in [2.75, 3.05) is 14.2 Å². The summed E-state index contributed by atoms with van der Waals surface area (Å²) in [6.07, 6.45) is 1.54. The van der Waals surface area contributed by atoms with E-state index in [1.165, 1.54) is 10.9 Å². The van der Waals surface area contributed by atoms with Gasteiger partial charge in [-0.05, 0) is 54.1 Å². The minimum atomic E-state index is -0.320. The maximum atomic E-state index is 13.3. The van der Waals surface area contributed by atoms with Crippen LogP contribution in [-0.2, 0) is 0 Å². The topological polar surface area (TPSA) is 78.8 Å². The minimum absolute atomic E-state index is 0.271. The van der Waals surface area contributed by atoms with Gasteiger partial charge >= 0.3 is 0 Å². The number of nitrogens with zero attached hydrogens (tertiary/aromatic N) is 3. The number of furan rings is 1. The van der Waals surface area contributed by atoms with E-state index in [1.54, 1.807) is 56.7 Å². The van der Waals surface area contributed by atoms with E-state index >= 15 is 0 Å². The number of para-hydroxylation sites is 1. The molecule has 0 aliphatic rings. The number of halogens is 1. The fourth-order valence-electron chi connectivity index (χ4n) is 3.60. The Balaban J connectivity index is 1.71. The number of benzene rings is 3. The molecule has 0 amide bonds. The molecule has 5 rings (SSSR count). The van der Waals surface area contributed by atoms with Gasteiger partial charge in [0.15, 0.2) is 5.76 Å². The third-order valence-corrected chi connectivity index (χ3v) is 5.51. The average Bonchev–Trinajstić information content (AvgIpc) is 3.28. The van der Waals surface area contributed by atoms with Gasteiger partial charge < -0.3 is 13.9 Å². The standard InChI is InChI=1S/C25H18ClN3O4/c1-31-20-8-5-9-21-17(20)13-23(33-21)24-28-19-7-4-3-6-16(19)25(30)29(24)27-14-15-10-11-22(32-2)18(26)12-15/h3-14H,1-2H3. The van der Waals surface area contributed by atoms with Crippen molar-refractivity contribution in [3.05, 3.63) is 87.7 Å². The van der Waals surface area contributed by atoms with E-state index in [1.807, 2.05) is 24.3 Å². The second-order valence-corrected chi connectivity index (χ2v) is 7.60. The lowest BCUT2D eigenvalue weighted by molar-refractivity contribution is 0.415. The van der Waals surface area contributed by atoms with Gasteiger partial charge in [-0.2, -0.15) is 9.78 Å². The summed E-state index contributed by atoms with van der Waals surface area (Å²) in [6, 6.07) is 19.6. The molecular weight excluding hydrogens is 442 g/mol. The van der Waals surface area contributed by atoms with E-state index in [0.29, 0.717) is 44.3 Å². The highest BCUT2D eigenvalue weighted by atomic mass is 35.5. The molecule has 33 heavy (non-hydrogen) atoms. The molecule has 0 atom stereocenters. The molecular formula is C25H18ClN3O4. The van der Waals surface area contributed by atoms with E-state index in [4.69, 9.17) is 25.5 Å². The number of methoxy groups -OCH3 is 2. The van der Waals surface area contributed by atoms with Crippen LogP contribution in [0.2, 0.25) is 5.02 Å². The monoisotopic (exact) mass is 459 g/mol. The van der Waals surface area contributed by atoms with Gasteiger partial charge in [0.05, 0.1) is 41.7 Å². The summed E-state index contributed by atoms with van der Waals surface area (Å²) in [5.74, 6) is 1.87. The van der Waals surface area contributed by atoms with Gasteiger partial charge in [-0.3, -0.25) is 4.79 Å². The van der Waals surface area contributed by atoms with Crippen molar-refractivity contribution in [1.82, 2.24) is 9.66 Å². The van der Waals surface area contributed by atoms with Gasteiger partial charge in [-0.15, -0.1) is 0 Å². The molecule has 0 unspecified atom stereocenters. The molecule has 8 heteroatoms. The first kappa shape index (κ1) is 20.8. The Bertz CT molecular complexity index is 1590. The van der Waals surface area contributed by atoms with E-state index in [-0.39, 0.29) is 11.4 Å². The summed E-state index contributed by atoms with van der Waals surface area (Å²) < 4.78 is 17.9. The van der Waals surface area contributed by atoms with Crippen molar-refractivity contribution >= 4 is 39.7 Å². The zero-order valence-corrected chi connectivity index (χ0v) is 18.5. The summed E-state index contributed by atoms with van der Waals surface area (Å²) in [6.45, 7) is 0. The van der Waals surface area contributed by atoms with Crippen LogP contribution in [0.4, 0.5) is 0 Å². The van der Waals surface area contributed by atoms with Crippen LogP contribution in [0, 0.1) is 0 Å². The summed E-state index contributed by atoms with van der Waals surface area (Å²) in [4.78, 5) is 18.0. The molecule has 0 saturated heterocycles. The molecule has 5 aromatic rings. The van der Waals surface area contributed by atoms with Crippen LogP contribution in [0.1, 0.15) is 5.56 Å². The van der Waals surface area contributed by atoms with Crippen molar-refractivity contribution in [2.24, 2.45) is 5.10 Å². The summed E-state index contributed by atoms with van der Waals surface area (Å²) in [5, 5.41) is 6.10. The molecule has 164 valence electrons. The molecule has 2 aromatic heterocycles. The molecule has 0 aliphatic heterocycles. The fraction of sp³-hybridized carbons (Fsp3) is 0.0800. The predicted octanol–water partition coefficient (Wildman–Crippen LogP) is 5.36. The number of hydrogen-bond donors (Lipinski definition) is 0. The van der Waals surface area contributed by atoms with Gasteiger partial charge in [0.25, 0.3) is 5.56 Å². The highest BCUT2D eigenvalue weighted by Gasteiger charge is 2.17. The normalized spacial score (nSPS) is 11.5. The van der Waals surface area contributed by atoms with Crippen molar-refractivity contribution in [1.29, 1.82) is 0 Å². The first-order valence-corrected chi connectivity index (χ1v) is 10.4. The maximum absolute atomic E-state index is 13.3. The van der Waals surface area contributed by atoms with Crippen molar-refractivity contribution < 1.29 is 13.9 Å². The first-order chi connectivity index (χ1) is 16.1. The van der Waals surface area contributed by atoms with Crippen LogP contribution in [-0.4, -0.2) is 30.1 Å². The molecule has 7 nitrogen and oxygen atoms in total. The number of fused-ring (bicyclic) bond motifs is 2. The van der Waals surface area contributed by atoms with E-state index < -0.39 is 0 Å². The Kier molecular flexibility index (Phi) is 5.32. The molecule has 2 heterocycles. The minimum Gasteiger partial charge on any atom is -0.496 e. The SMILES string of the molecule is COc1ccc(C=Nn2c(-c3cc4c(OC)cccc4o3)nc3ccccc3c2=O)cc1Cl. The maximum Gasteiger partial charge on any atom is 0.282 e. The quantitative estimate of drug-likeness (QED) is 0.330. The molecule has 0 saturated carbocycles. The number of ether oxygens (including phenoxy) is 2. The number of hydrogen-bond acceptors (Lipinski definition) is 6. The molecule has 3 aromatic carbocycles. The van der Waals surface area contributed by atoms with Crippen LogP contribution in [0.3, 0.4) is 0 Å². The summed E-state index contributed by atoms with van der Waals surface area (Å²) >= 11 is 6.23. The third kappa shape index (κ3) is 3.72. The lowest BCUT2D eigenvalue weighted by atomic mass is 10.2. The molecule has 0 N–H and O–H groups in total. The molecule has 0 spiro atoms. The summed E-state index contributed by atoms with van der Waals surface area (Å²) in [7, 11) is 3.14. The van der Waals surface area contributed by atoms with E-state index in [9.17, 15) is 4.79 Å². The van der Waals surface area contributed by atoms with Gasteiger partial charge in [-0.25, -0.2) is 4.98 Å². The Morgan fingerprint density at radius 2 is 1.79 bits per heavy atom. The fourth-order valence-corrected chi connectivity index (χ4v) is 3.87. The third-order valence-electron chi connectivity index (χ3n) is 5.21. The van der Waals surface area contributed by atoms with Gasteiger partial charge in [0.2, 0.25) is 5.82 Å². The Morgan fingerprint density at radius 1 is 0.970 bits per heavy atom. The summed E-state index contributed by atoms with van der Waals surface area (Å²) in [5.41, 5.74) is 1.53. The smallest absolute Gasteiger partial charge is 0.282 e. The predicted molar refractivity (Wildman–Crippen MR) is 129 cm³/mol. The molecule has 0 bridgehead atoms. The highest BCUT2D eigenvalue weighted by Crippen LogP contribution is 2.33. The number of rotatable bonds is 5. The Hall–Kier alpha value is -4.10. The molecule has 0 fully saturated rings. The van der Waals surface area contributed by atoms with Crippen LogP contribution >= 0.6 is 11.6 Å². The van der Waals surface area contributed by atoms with E-state index in [0.717, 1.165) is 5.39 Å². The lowest BCUT2D eigenvalue weighted by Crippen LogP contribution is -2.20. The van der Waals surface area contributed by atoms with Crippen LogP contribution in [0.5, 0.6) is 11.5 Å². The van der Waals surface area contributed by atoms with Crippen molar-refractivity contribution in [3.63, 3.8) is 0 Å². The molecule has 0 aliphatic carbocycles.